The Morgan fingerprint density at radius 2 is 2.16 bits per heavy atom. The minimum atomic E-state index is -0.0734. The molecule has 3 N–H and O–H groups in total. The van der Waals surface area contributed by atoms with E-state index in [1.165, 1.54) is 0 Å². The van der Waals surface area contributed by atoms with E-state index in [4.69, 9.17) is 9.84 Å². The number of anilines is 1. The van der Waals surface area contributed by atoms with E-state index in [1.807, 2.05) is 31.2 Å². The van der Waals surface area contributed by atoms with Gasteiger partial charge in [-0.2, -0.15) is 0 Å². The third kappa shape index (κ3) is 5.61. The van der Waals surface area contributed by atoms with Crippen LogP contribution >= 0.6 is 0 Å². The highest BCUT2D eigenvalue weighted by atomic mass is 16.5. The van der Waals surface area contributed by atoms with Gasteiger partial charge in [0.2, 0.25) is 5.91 Å². The highest BCUT2D eigenvalue weighted by molar-refractivity contribution is 5.81. The SMILES string of the molecule is COc1ccccc1NCC(=O)NCC(C)CCO. The lowest BCUT2D eigenvalue weighted by Crippen LogP contribution is -2.33. The zero-order valence-electron chi connectivity index (χ0n) is 11.5. The Labute approximate surface area is 114 Å². The molecule has 0 bridgehead atoms. The second-order valence-electron chi connectivity index (χ2n) is 4.48. The van der Waals surface area contributed by atoms with Gasteiger partial charge in [-0.15, -0.1) is 0 Å². The van der Waals surface area contributed by atoms with Crippen molar-refractivity contribution in [2.75, 3.05) is 32.1 Å². The Balaban J connectivity index is 2.33. The number of hydrogen-bond acceptors (Lipinski definition) is 4. The molecule has 1 rings (SSSR count). The van der Waals surface area contributed by atoms with Gasteiger partial charge in [0.25, 0.3) is 0 Å². The normalized spacial score (nSPS) is 11.7. The molecule has 19 heavy (non-hydrogen) atoms. The number of rotatable bonds is 8. The molecule has 0 aromatic heterocycles. The monoisotopic (exact) mass is 266 g/mol. The summed E-state index contributed by atoms with van der Waals surface area (Å²) in [5, 5.41) is 14.6. The Morgan fingerprint density at radius 1 is 1.42 bits per heavy atom. The molecule has 5 heteroatoms. The van der Waals surface area contributed by atoms with E-state index >= 15 is 0 Å². The molecule has 0 aliphatic heterocycles. The van der Waals surface area contributed by atoms with Crippen molar-refractivity contribution >= 4 is 11.6 Å². The average molecular weight is 266 g/mol. The third-order valence-corrected chi connectivity index (χ3v) is 2.82. The zero-order valence-corrected chi connectivity index (χ0v) is 11.5. The number of aliphatic hydroxyl groups is 1. The van der Waals surface area contributed by atoms with Crippen molar-refractivity contribution in [2.45, 2.75) is 13.3 Å². The molecule has 5 nitrogen and oxygen atoms in total. The highest BCUT2D eigenvalue weighted by Gasteiger charge is 2.06. The van der Waals surface area contributed by atoms with Gasteiger partial charge >= 0.3 is 0 Å². The molecule has 0 saturated carbocycles. The summed E-state index contributed by atoms with van der Waals surface area (Å²) >= 11 is 0. The van der Waals surface area contributed by atoms with Crippen LogP contribution in [0.5, 0.6) is 5.75 Å². The van der Waals surface area contributed by atoms with Crippen molar-refractivity contribution in [3.8, 4) is 5.75 Å². The lowest BCUT2D eigenvalue weighted by molar-refractivity contribution is -0.119. The predicted molar refractivity (Wildman–Crippen MR) is 75.4 cm³/mol. The number of benzene rings is 1. The molecule has 0 radical (unpaired) electrons. The van der Waals surface area contributed by atoms with E-state index in [9.17, 15) is 4.79 Å². The second-order valence-corrected chi connectivity index (χ2v) is 4.48. The minimum Gasteiger partial charge on any atom is -0.495 e. The van der Waals surface area contributed by atoms with Crippen molar-refractivity contribution in [1.29, 1.82) is 0 Å². The van der Waals surface area contributed by atoms with Crippen LogP contribution in [-0.2, 0) is 4.79 Å². The first-order valence-electron chi connectivity index (χ1n) is 6.41. The quantitative estimate of drug-likeness (QED) is 0.662. The van der Waals surface area contributed by atoms with Crippen LogP contribution in [0.25, 0.3) is 0 Å². The van der Waals surface area contributed by atoms with E-state index in [1.54, 1.807) is 7.11 Å². The number of aliphatic hydroxyl groups excluding tert-OH is 1. The van der Waals surface area contributed by atoms with Crippen LogP contribution in [0.1, 0.15) is 13.3 Å². The predicted octanol–water partition coefficient (Wildman–Crippen LogP) is 1.24. The lowest BCUT2D eigenvalue weighted by atomic mass is 10.1. The molecule has 106 valence electrons. The van der Waals surface area contributed by atoms with Gasteiger partial charge in [0.1, 0.15) is 5.75 Å². The zero-order chi connectivity index (χ0) is 14.1. The summed E-state index contributed by atoms with van der Waals surface area (Å²) in [4.78, 5) is 11.6. The van der Waals surface area contributed by atoms with Crippen molar-refractivity contribution in [1.82, 2.24) is 5.32 Å². The summed E-state index contributed by atoms with van der Waals surface area (Å²) in [6.07, 6.45) is 0.695. The fourth-order valence-corrected chi connectivity index (χ4v) is 1.64. The van der Waals surface area contributed by atoms with Crippen LogP contribution in [0.4, 0.5) is 5.69 Å². The van der Waals surface area contributed by atoms with E-state index < -0.39 is 0 Å². The van der Waals surface area contributed by atoms with E-state index in [2.05, 4.69) is 10.6 Å². The lowest BCUT2D eigenvalue weighted by Gasteiger charge is -2.13. The minimum absolute atomic E-state index is 0.0734. The number of carbonyl (C=O) groups is 1. The molecular formula is C14H22N2O3. The molecule has 1 aromatic rings. The summed E-state index contributed by atoms with van der Waals surface area (Å²) in [7, 11) is 1.59. The van der Waals surface area contributed by atoms with Crippen LogP contribution < -0.4 is 15.4 Å². The van der Waals surface area contributed by atoms with Crippen molar-refractivity contribution in [3.63, 3.8) is 0 Å². The van der Waals surface area contributed by atoms with Crippen LogP contribution in [0, 0.1) is 5.92 Å². The van der Waals surface area contributed by atoms with Crippen LogP contribution in [0.2, 0.25) is 0 Å². The van der Waals surface area contributed by atoms with Gasteiger partial charge < -0.3 is 20.5 Å². The Hall–Kier alpha value is -1.75. The molecule has 1 unspecified atom stereocenters. The molecule has 1 aromatic carbocycles. The fraction of sp³-hybridized carbons (Fsp3) is 0.500. The van der Waals surface area contributed by atoms with Gasteiger partial charge in [-0.05, 0) is 24.5 Å². The molecule has 0 fully saturated rings. The maximum Gasteiger partial charge on any atom is 0.239 e. The maximum absolute atomic E-state index is 11.6. The van der Waals surface area contributed by atoms with E-state index in [0.29, 0.717) is 18.7 Å². The van der Waals surface area contributed by atoms with Crippen molar-refractivity contribution in [3.05, 3.63) is 24.3 Å². The van der Waals surface area contributed by atoms with Crippen LogP contribution in [0.15, 0.2) is 24.3 Å². The highest BCUT2D eigenvalue weighted by Crippen LogP contribution is 2.22. The first-order valence-corrected chi connectivity index (χ1v) is 6.41. The Bertz CT molecular complexity index is 396. The van der Waals surface area contributed by atoms with E-state index in [-0.39, 0.29) is 25.0 Å². The van der Waals surface area contributed by atoms with Crippen LogP contribution in [-0.4, -0.2) is 37.8 Å². The number of ether oxygens (including phenoxy) is 1. The standard InChI is InChI=1S/C14H22N2O3/c1-11(7-8-17)9-16-14(18)10-15-12-5-3-4-6-13(12)19-2/h3-6,11,15,17H,7-10H2,1-2H3,(H,16,18). The molecule has 0 heterocycles. The number of carbonyl (C=O) groups excluding carboxylic acids is 1. The van der Waals surface area contributed by atoms with Crippen molar-refractivity contribution in [2.24, 2.45) is 5.92 Å². The van der Waals surface area contributed by atoms with Gasteiger partial charge in [0.15, 0.2) is 0 Å². The molecule has 1 amide bonds. The summed E-state index contributed by atoms with van der Waals surface area (Å²) in [5.74, 6) is 0.917. The van der Waals surface area contributed by atoms with Gasteiger partial charge in [0, 0.05) is 13.2 Å². The number of para-hydroxylation sites is 2. The molecule has 1 atom stereocenters. The molecule has 0 aliphatic rings. The summed E-state index contributed by atoms with van der Waals surface area (Å²) in [5.41, 5.74) is 0.795. The van der Waals surface area contributed by atoms with Gasteiger partial charge in [-0.1, -0.05) is 19.1 Å². The smallest absolute Gasteiger partial charge is 0.239 e. The summed E-state index contributed by atoms with van der Waals surface area (Å²) in [6, 6.07) is 7.46. The number of amides is 1. The fourth-order valence-electron chi connectivity index (χ4n) is 1.64. The van der Waals surface area contributed by atoms with Gasteiger partial charge in [-0.25, -0.2) is 0 Å². The molecule has 0 saturated heterocycles. The summed E-state index contributed by atoms with van der Waals surface area (Å²) < 4.78 is 5.19. The number of nitrogens with one attached hydrogen (secondary N) is 2. The first-order chi connectivity index (χ1) is 9.17. The van der Waals surface area contributed by atoms with E-state index in [0.717, 1.165) is 5.69 Å². The first kappa shape index (κ1) is 15.3. The topological polar surface area (TPSA) is 70.6 Å². The third-order valence-electron chi connectivity index (χ3n) is 2.82. The molecule has 0 spiro atoms. The molecule has 0 aliphatic carbocycles. The van der Waals surface area contributed by atoms with Gasteiger partial charge in [0.05, 0.1) is 19.3 Å². The maximum atomic E-state index is 11.6. The Kier molecular flexibility index (Phi) is 6.74. The molecular weight excluding hydrogens is 244 g/mol. The largest absolute Gasteiger partial charge is 0.495 e. The number of methoxy groups -OCH3 is 1. The Morgan fingerprint density at radius 3 is 2.84 bits per heavy atom. The average Bonchev–Trinajstić information content (AvgIpc) is 2.43. The van der Waals surface area contributed by atoms with Crippen LogP contribution in [0.3, 0.4) is 0 Å². The number of hydrogen-bond donors (Lipinski definition) is 3. The van der Waals surface area contributed by atoms with Crippen molar-refractivity contribution < 1.29 is 14.6 Å². The second kappa shape index (κ2) is 8.37. The summed E-state index contributed by atoms with van der Waals surface area (Å²) in [6.45, 7) is 2.92. The van der Waals surface area contributed by atoms with Gasteiger partial charge in [-0.3, -0.25) is 4.79 Å².